The van der Waals surface area contributed by atoms with Crippen LogP contribution < -0.4 is 4.72 Å². The number of nitrogens with one attached hydrogen (secondary N) is 1. The average molecular weight is 396 g/mol. The number of sulfonamides is 1. The SMILES string of the molecule is Cc1c(C)c(C)c(S(=O)(=O)Nc2cccc(CS(C)(=O)=O)c2)c(C)c1C. The highest BCUT2D eigenvalue weighted by molar-refractivity contribution is 7.92. The van der Waals surface area contributed by atoms with Gasteiger partial charge in [0.15, 0.2) is 9.84 Å². The van der Waals surface area contributed by atoms with E-state index < -0.39 is 19.9 Å². The summed E-state index contributed by atoms with van der Waals surface area (Å²) in [5.74, 6) is -0.136. The van der Waals surface area contributed by atoms with Crippen molar-refractivity contribution in [3.8, 4) is 0 Å². The Hall–Kier alpha value is -1.86. The molecule has 142 valence electrons. The second-order valence-corrected chi connectivity index (χ2v) is 10.6. The first-order valence-corrected chi connectivity index (χ1v) is 11.7. The summed E-state index contributed by atoms with van der Waals surface area (Å²) >= 11 is 0. The Balaban J connectivity index is 2.50. The summed E-state index contributed by atoms with van der Waals surface area (Å²) in [7, 11) is -6.99. The Bertz CT molecular complexity index is 1040. The minimum absolute atomic E-state index is 0.136. The number of sulfone groups is 1. The number of anilines is 1. The van der Waals surface area contributed by atoms with Gasteiger partial charge in [-0.25, -0.2) is 16.8 Å². The second-order valence-electron chi connectivity index (χ2n) is 6.83. The summed E-state index contributed by atoms with van der Waals surface area (Å²) in [6, 6.07) is 6.47. The van der Waals surface area contributed by atoms with Gasteiger partial charge in [0.2, 0.25) is 0 Å². The van der Waals surface area contributed by atoms with Crippen LogP contribution in [0.15, 0.2) is 29.2 Å². The third kappa shape index (κ3) is 4.27. The van der Waals surface area contributed by atoms with Gasteiger partial charge in [-0.2, -0.15) is 0 Å². The molecule has 0 amide bonds. The normalized spacial score (nSPS) is 12.2. The van der Waals surface area contributed by atoms with E-state index in [1.165, 1.54) is 0 Å². The van der Waals surface area contributed by atoms with Crippen LogP contribution in [-0.4, -0.2) is 23.1 Å². The fourth-order valence-corrected chi connectivity index (χ4v) is 5.54. The Labute approximate surface area is 156 Å². The van der Waals surface area contributed by atoms with Crippen LogP contribution in [0.1, 0.15) is 33.4 Å². The third-order valence-electron chi connectivity index (χ3n) is 4.81. The summed E-state index contributed by atoms with van der Waals surface area (Å²) < 4.78 is 51.6. The summed E-state index contributed by atoms with van der Waals surface area (Å²) in [4.78, 5) is 0.284. The maximum atomic E-state index is 13.0. The Morgan fingerprint density at radius 1 is 0.808 bits per heavy atom. The molecule has 7 heteroatoms. The number of hydrogen-bond acceptors (Lipinski definition) is 4. The predicted octanol–water partition coefficient (Wildman–Crippen LogP) is 3.57. The Morgan fingerprint density at radius 3 is 1.81 bits per heavy atom. The molecule has 0 aliphatic rings. The fourth-order valence-electron chi connectivity index (χ4n) is 3.10. The Morgan fingerprint density at radius 2 is 1.31 bits per heavy atom. The van der Waals surface area contributed by atoms with Crippen molar-refractivity contribution in [3.63, 3.8) is 0 Å². The zero-order chi connectivity index (χ0) is 19.9. The molecule has 1 N–H and O–H groups in total. The van der Waals surface area contributed by atoms with Gasteiger partial charge in [-0.1, -0.05) is 12.1 Å². The first kappa shape index (κ1) is 20.5. The molecule has 0 fully saturated rings. The van der Waals surface area contributed by atoms with Gasteiger partial charge >= 0.3 is 0 Å². The van der Waals surface area contributed by atoms with E-state index in [2.05, 4.69) is 4.72 Å². The van der Waals surface area contributed by atoms with Crippen LogP contribution in [-0.2, 0) is 25.6 Å². The first-order valence-electron chi connectivity index (χ1n) is 8.20. The van der Waals surface area contributed by atoms with E-state index in [4.69, 9.17) is 0 Å². The molecule has 0 bridgehead atoms. The Kier molecular flexibility index (Phi) is 5.54. The quantitative estimate of drug-likeness (QED) is 0.839. The lowest BCUT2D eigenvalue weighted by atomic mass is 9.95. The molecule has 2 aromatic rings. The molecule has 0 aliphatic heterocycles. The highest BCUT2D eigenvalue weighted by Crippen LogP contribution is 2.31. The van der Waals surface area contributed by atoms with Gasteiger partial charge in [0.05, 0.1) is 10.6 Å². The molecule has 5 nitrogen and oxygen atoms in total. The smallest absolute Gasteiger partial charge is 0.262 e. The van der Waals surface area contributed by atoms with Crippen molar-refractivity contribution in [2.75, 3.05) is 11.0 Å². The van der Waals surface area contributed by atoms with E-state index in [0.717, 1.165) is 34.1 Å². The van der Waals surface area contributed by atoms with Crippen molar-refractivity contribution in [2.24, 2.45) is 0 Å². The molecule has 0 atom stereocenters. The number of hydrogen-bond donors (Lipinski definition) is 1. The molecule has 0 saturated heterocycles. The average Bonchev–Trinajstić information content (AvgIpc) is 2.49. The molecule has 0 radical (unpaired) electrons. The van der Waals surface area contributed by atoms with Crippen LogP contribution in [0, 0.1) is 34.6 Å². The number of rotatable bonds is 5. The van der Waals surface area contributed by atoms with Crippen molar-refractivity contribution in [2.45, 2.75) is 45.3 Å². The van der Waals surface area contributed by atoms with E-state index in [-0.39, 0.29) is 10.6 Å². The minimum Gasteiger partial charge on any atom is -0.280 e. The lowest BCUT2D eigenvalue weighted by Gasteiger charge is -2.19. The molecule has 0 saturated carbocycles. The zero-order valence-electron chi connectivity index (χ0n) is 16.0. The summed E-state index contributed by atoms with van der Waals surface area (Å²) in [5, 5.41) is 0. The highest BCUT2D eigenvalue weighted by Gasteiger charge is 2.23. The van der Waals surface area contributed by atoms with Gasteiger partial charge in [0.25, 0.3) is 10.0 Å². The molecule has 0 heterocycles. The van der Waals surface area contributed by atoms with Gasteiger partial charge in [-0.15, -0.1) is 0 Å². The van der Waals surface area contributed by atoms with Crippen molar-refractivity contribution in [1.82, 2.24) is 0 Å². The standard InChI is InChI=1S/C19H25NO4S2/c1-12-13(2)15(4)19(16(5)14(12)3)26(23,24)20-18-9-7-8-17(10-18)11-25(6,21)22/h7-10,20H,11H2,1-6H3. The van der Waals surface area contributed by atoms with Crippen molar-refractivity contribution >= 4 is 25.5 Å². The van der Waals surface area contributed by atoms with Crippen LogP contribution in [0.2, 0.25) is 0 Å². The van der Waals surface area contributed by atoms with Crippen LogP contribution in [0.3, 0.4) is 0 Å². The lowest BCUT2D eigenvalue weighted by molar-refractivity contribution is 0.598. The van der Waals surface area contributed by atoms with Gasteiger partial charge in [-0.05, 0) is 80.1 Å². The molecule has 0 unspecified atom stereocenters. The van der Waals surface area contributed by atoms with Crippen LogP contribution >= 0.6 is 0 Å². The maximum Gasteiger partial charge on any atom is 0.262 e. The fraction of sp³-hybridized carbons (Fsp3) is 0.368. The largest absolute Gasteiger partial charge is 0.280 e. The molecule has 26 heavy (non-hydrogen) atoms. The summed E-state index contributed by atoms with van der Waals surface area (Å²) in [5.41, 5.74) is 5.35. The molecule has 0 aliphatic carbocycles. The van der Waals surface area contributed by atoms with Gasteiger partial charge in [-0.3, -0.25) is 4.72 Å². The monoisotopic (exact) mass is 395 g/mol. The van der Waals surface area contributed by atoms with E-state index >= 15 is 0 Å². The first-order chi connectivity index (χ1) is 11.8. The summed E-state index contributed by atoms with van der Waals surface area (Å²) in [6.45, 7) is 9.45. The molecule has 2 rings (SSSR count). The van der Waals surface area contributed by atoms with E-state index in [1.54, 1.807) is 24.3 Å². The van der Waals surface area contributed by atoms with Gasteiger partial charge in [0, 0.05) is 11.9 Å². The summed E-state index contributed by atoms with van der Waals surface area (Å²) in [6.07, 6.45) is 1.15. The lowest BCUT2D eigenvalue weighted by Crippen LogP contribution is -2.18. The molecule has 0 aromatic heterocycles. The highest BCUT2D eigenvalue weighted by atomic mass is 32.2. The van der Waals surface area contributed by atoms with Crippen molar-refractivity contribution in [3.05, 3.63) is 57.6 Å². The minimum atomic E-state index is -3.80. The van der Waals surface area contributed by atoms with Gasteiger partial charge in [0.1, 0.15) is 0 Å². The zero-order valence-corrected chi connectivity index (χ0v) is 17.6. The topological polar surface area (TPSA) is 80.3 Å². The van der Waals surface area contributed by atoms with Crippen LogP contribution in [0.4, 0.5) is 5.69 Å². The van der Waals surface area contributed by atoms with Crippen LogP contribution in [0.25, 0.3) is 0 Å². The van der Waals surface area contributed by atoms with E-state index in [9.17, 15) is 16.8 Å². The third-order valence-corrected chi connectivity index (χ3v) is 7.32. The van der Waals surface area contributed by atoms with Crippen LogP contribution in [0.5, 0.6) is 0 Å². The second kappa shape index (κ2) is 7.04. The molecule has 2 aromatic carbocycles. The van der Waals surface area contributed by atoms with E-state index in [0.29, 0.717) is 11.3 Å². The molecular formula is C19H25NO4S2. The molecule has 0 spiro atoms. The van der Waals surface area contributed by atoms with E-state index in [1.807, 2.05) is 34.6 Å². The van der Waals surface area contributed by atoms with Crippen molar-refractivity contribution in [1.29, 1.82) is 0 Å². The number of benzene rings is 2. The predicted molar refractivity (Wildman–Crippen MR) is 106 cm³/mol. The maximum absolute atomic E-state index is 13.0. The molecular weight excluding hydrogens is 370 g/mol. The van der Waals surface area contributed by atoms with Crippen molar-refractivity contribution < 1.29 is 16.8 Å². The van der Waals surface area contributed by atoms with Gasteiger partial charge < -0.3 is 0 Å².